The van der Waals surface area contributed by atoms with Crippen molar-refractivity contribution in [1.82, 2.24) is 5.32 Å². The summed E-state index contributed by atoms with van der Waals surface area (Å²) in [6, 6.07) is 12.3. The second-order valence-corrected chi connectivity index (χ2v) is 4.90. The first-order chi connectivity index (χ1) is 9.29. The summed E-state index contributed by atoms with van der Waals surface area (Å²) >= 11 is 0. The molecule has 1 aromatic rings. The highest BCUT2D eigenvalue weighted by Crippen LogP contribution is 2.22. The fourth-order valence-electron chi connectivity index (χ4n) is 2.43. The number of para-hydroxylation sites is 1. The quantitative estimate of drug-likeness (QED) is 0.896. The predicted molar refractivity (Wildman–Crippen MR) is 74.6 cm³/mol. The molecule has 0 aliphatic carbocycles. The first kappa shape index (κ1) is 13.4. The number of hydrogen-bond donors (Lipinski definition) is 1. The van der Waals surface area contributed by atoms with Crippen molar-refractivity contribution in [3.63, 3.8) is 0 Å². The van der Waals surface area contributed by atoms with Gasteiger partial charge < -0.3 is 10.2 Å². The number of carbonyl (C=O) groups is 1. The summed E-state index contributed by atoms with van der Waals surface area (Å²) in [7, 11) is 0. The minimum atomic E-state index is -0.159. The zero-order chi connectivity index (χ0) is 13.5. The van der Waals surface area contributed by atoms with E-state index < -0.39 is 0 Å². The van der Waals surface area contributed by atoms with Crippen LogP contribution in [0.3, 0.4) is 0 Å². The number of hydrogen-bond acceptors (Lipinski definition) is 3. The van der Waals surface area contributed by atoms with Gasteiger partial charge in [0.1, 0.15) is 6.42 Å². The molecule has 1 aliphatic heterocycles. The van der Waals surface area contributed by atoms with Crippen LogP contribution in [-0.4, -0.2) is 25.5 Å². The SMILES string of the molecule is N#CCC(=O)NCC1CCN(c2ccccc2)CC1. The highest BCUT2D eigenvalue weighted by Gasteiger charge is 2.19. The summed E-state index contributed by atoms with van der Waals surface area (Å²) in [4.78, 5) is 13.6. The Morgan fingerprint density at radius 1 is 1.32 bits per heavy atom. The second kappa shape index (κ2) is 6.79. The van der Waals surface area contributed by atoms with Gasteiger partial charge in [0.25, 0.3) is 0 Å². The van der Waals surface area contributed by atoms with E-state index >= 15 is 0 Å². The largest absolute Gasteiger partial charge is 0.372 e. The van der Waals surface area contributed by atoms with Gasteiger partial charge in [-0.2, -0.15) is 5.26 Å². The number of nitrogens with one attached hydrogen (secondary N) is 1. The van der Waals surface area contributed by atoms with Crippen molar-refractivity contribution >= 4 is 11.6 Å². The molecule has 1 aromatic carbocycles. The van der Waals surface area contributed by atoms with E-state index in [0.29, 0.717) is 12.5 Å². The lowest BCUT2D eigenvalue weighted by molar-refractivity contribution is -0.120. The molecule has 4 nitrogen and oxygen atoms in total. The molecule has 0 atom stereocenters. The lowest BCUT2D eigenvalue weighted by Gasteiger charge is -2.33. The van der Waals surface area contributed by atoms with Gasteiger partial charge in [-0.1, -0.05) is 18.2 Å². The molecule has 1 amide bonds. The monoisotopic (exact) mass is 257 g/mol. The van der Waals surface area contributed by atoms with E-state index in [1.165, 1.54) is 5.69 Å². The molecular formula is C15H19N3O. The summed E-state index contributed by atoms with van der Waals surface area (Å²) in [5.74, 6) is 0.371. The highest BCUT2D eigenvalue weighted by molar-refractivity contribution is 5.77. The van der Waals surface area contributed by atoms with Gasteiger partial charge >= 0.3 is 0 Å². The first-order valence-electron chi connectivity index (χ1n) is 6.73. The Bertz CT molecular complexity index is 444. The third-order valence-corrected chi connectivity index (χ3v) is 3.56. The molecule has 100 valence electrons. The Labute approximate surface area is 114 Å². The average molecular weight is 257 g/mol. The first-order valence-corrected chi connectivity index (χ1v) is 6.73. The van der Waals surface area contributed by atoms with Crippen LogP contribution in [0, 0.1) is 17.2 Å². The van der Waals surface area contributed by atoms with E-state index in [4.69, 9.17) is 5.26 Å². The molecule has 2 rings (SSSR count). The minimum absolute atomic E-state index is 0.0388. The molecule has 0 bridgehead atoms. The molecule has 1 N–H and O–H groups in total. The fourth-order valence-corrected chi connectivity index (χ4v) is 2.43. The van der Waals surface area contributed by atoms with Crippen LogP contribution in [-0.2, 0) is 4.79 Å². The van der Waals surface area contributed by atoms with E-state index in [1.807, 2.05) is 12.1 Å². The molecule has 1 fully saturated rings. The number of benzene rings is 1. The summed E-state index contributed by atoms with van der Waals surface area (Å²) < 4.78 is 0. The fraction of sp³-hybridized carbons (Fsp3) is 0.467. The van der Waals surface area contributed by atoms with Crippen LogP contribution < -0.4 is 10.2 Å². The van der Waals surface area contributed by atoms with Gasteiger partial charge in [0, 0.05) is 25.3 Å². The van der Waals surface area contributed by atoms with Gasteiger partial charge in [0.15, 0.2) is 0 Å². The maximum Gasteiger partial charge on any atom is 0.234 e. The van der Waals surface area contributed by atoms with Crippen molar-refractivity contribution in [2.24, 2.45) is 5.92 Å². The van der Waals surface area contributed by atoms with Crippen molar-refractivity contribution < 1.29 is 4.79 Å². The molecule has 0 radical (unpaired) electrons. The summed E-state index contributed by atoms with van der Waals surface area (Å²) in [6.07, 6.45) is 2.13. The van der Waals surface area contributed by atoms with Gasteiger partial charge in [-0.15, -0.1) is 0 Å². The average Bonchev–Trinajstić information content (AvgIpc) is 2.47. The summed E-state index contributed by atoms with van der Waals surface area (Å²) in [5.41, 5.74) is 1.27. The lowest BCUT2D eigenvalue weighted by atomic mass is 9.96. The Hall–Kier alpha value is -2.02. The number of anilines is 1. The van der Waals surface area contributed by atoms with Crippen molar-refractivity contribution in [1.29, 1.82) is 5.26 Å². The van der Waals surface area contributed by atoms with Crippen LogP contribution in [0.1, 0.15) is 19.3 Å². The van der Waals surface area contributed by atoms with Crippen LogP contribution in [0.5, 0.6) is 0 Å². The van der Waals surface area contributed by atoms with Crippen molar-refractivity contribution in [3.05, 3.63) is 30.3 Å². The number of amides is 1. The number of nitriles is 1. The number of nitrogens with zero attached hydrogens (tertiary/aromatic N) is 2. The number of rotatable bonds is 4. The molecule has 19 heavy (non-hydrogen) atoms. The van der Waals surface area contributed by atoms with Crippen LogP contribution >= 0.6 is 0 Å². The Morgan fingerprint density at radius 2 is 2.00 bits per heavy atom. The summed E-state index contributed by atoms with van der Waals surface area (Å²) in [6.45, 7) is 2.76. The normalized spacial score (nSPS) is 15.8. The Balaban J connectivity index is 1.74. The second-order valence-electron chi connectivity index (χ2n) is 4.90. The van der Waals surface area contributed by atoms with Crippen molar-refractivity contribution in [2.45, 2.75) is 19.3 Å². The van der Waals surface area contributed by atoms with E-state index in [-0.39, 0.29) is 12.3 Å². The van der Waals surface area contributed by atoms with E-state index in [0.717, 1.165) is 25.9 Å². The molecule has 1 saturated heterocycles. The van der Waals surface area contributed by atoms with Crippen LogP contribution in [0.25, 0.3) is 0 Å². The predicted octanol–water partition coefficient (Wildman–Crippen LogP) is 1.93. The smallest absolute Gasteiger partial charge is 0.234 e. The van der Waals surface area contributed by atoms with Gasteiger partial charge in [-0.25, -0.2) is 0 Å². The number of piperidine rings is 1. The summed E-state index contributed by atoms with van der Waals surface area (Å²) in [5, 5.41) is 11.2. The molecule has 0 aromatic heterocycles. The van der Waals surface area contributed by atoms with Crippen molar-refractivity contribution in [3.8, 4) is 6.07 Å². The third-order valence-electron chi connectivity index (χ3n) is 3.56. The Kier molecular flexibility index (Phi) is 4.79. The van der Waals surface area contributed by atoms with E-state index in [2.05, 4.69) is 34.5 Å². The van der Waals surface area contributed by atoms with E-state index in [1.54, 1.807) is 0 Å². The molecule has 0 spiro atoms. The maximum atomic E-state index is 11.2. The van der Waals surface area contributed by atoms with Crippen LogP contribution in [0.4, 0.5) is 5.69 Å². The molecule has 4 heteroatoms. The molecular weight excluding hydrogens is 238 g/mol. The Morgan fingerprint density at radius 3 is 2.63 bits per heavy atom. The zero-order valence-corrected chi connectivity index (χ0v) is 11.0. The maximum absolute atomic E-state index is 11.2. The zero-order valence-electron chi connectivity index (χ0n) is 11.0. The lowest BCUT2D eigenvalue weighted by Crippen LogP contribution is -2.38. The van der Waals surface area contributed by atoms with Gasteiger partial charge in [-0.05, 0) is 30.9 Å². The molecule has 1 aliphatic rings. The van der Waals surface area contributed by atoms with Gasteiger partial charge in [0.2, 0.25) is 5.91 Å². The van der Waals surface area contributed by atoms with E-state index in [9.17, 15) is 4.79 Å². The third kappa shape index (κ3) is 3.99. The number of carbonyl (C=O) groups excluding carboxylic acids is 1. The van der Waals surface area contributed by atoms with Crippen LogP contribution in [0.2, 0.25) is 0 Å². The minimum Gasteiger partial charge on any atom is -0.372 e. The highest BCUT2D eigenvalue weighted by atomic mass is 16.1. The standard InChI is InChI=1S/C15H19N3O/c16-9-6-15(19)17-12-13-7-10-18(11-8-13)14-4-2-1-3-5-14/h1-5,13H,6-8,10-12H2,(H,17,19). The molecule has 0 saturated carbocycles. The topological polar surface area (TPSA) is 56.1 Å². The van der Waals surface area contributed by atoms with Gasteiger partial charge in [-0.3, -0.25) is 4.79 Å². The molecule has 1 heterocycles. The van der Waals surface area contributed by atoms with Gasteiger partial charge in [0.05, 0.1) is 6.07 Å². The van der Waals surface area contributed by atoms with Crippen molar-refractivity contribution in [2.75, 3.05) is 24.5 Å². The van der Waals surface area contributed by atoms with Crippen LogP contribution in [0.15, 0.2) is 30.3 Å². The molecule has 0 unspecified atom stereocenters.